The van der Waals surface area contributed by atoms with Gasteiger partial charge >= 0.3 is 6.18 Å². The van der Waals surface area contributed by atoms with Crippen molar-refractivity contribution in [3.8, 4) is 0 Å². The zero-order valence-electron chi connectivity index (χ0n) is 11.6. The van der Waals surface area contributed by atoms with Gasteiger partial charge in [0, 0.05) is 12.6 Å². The first kappa shape index (κ1) is 16.9. The van der Waals surface area contributed by atoms with Crippen LogP contribution in [0.15, 0.2) is 18.2 Å². The summed E-state index contributed by atoms with van der Waals surface area (Å²) >= 11 is 0. The third-order valence-electron chi connectivity index (χ3n) is 2.87. The van der Waals surface area contributed by atoms with Crippen LogP contribution in [-0.4, -0.2) is 25.9 Å². The number of halogens is 4. The minimum Gasteiger partial charge on any atom is -0.372 e. The molecule has 0 amide bonds. The lowest BCUT2D eigenvalue weighted by Crippen LogP contribution is -2.24. The molecule has 0 spiro atoms. The van der Waals surface area contributed by atoms with Crippen LogP contribution in [0.5, 0.6) is 0 Å². The predicted molar refractivity (Wildman–Crippen MR) is 69.0 cm³/mol. The lowest BCUT2D eigenvalue weighted by molar-refractivity contribution is -0.174. The molecular weight excluding hydrogens is 274 g/mol. The van der Waals surface area contributed by atoms with E-state index in [2.05, 4.69) is 10.1 Å². The lowest BCUT2D eigenvalue weighted by Gasteiger charge is -2.20. The van der Waals surface area contributed by atoms with Crippen LogP contribution in [0.25, 0.3) is 0 Å². The highest BCUT2D eigenvalue weighted by Gasteiger charge is 2.27. The van der Waals surface area contributed by atoms with Gasteiger partial charge in [0.05, 0.1) is 0 Å². The summed E-state index contributed by atoms with van der Waals surface area (Å²) in [5.74, 6) is -0.324. The molecule has 1 aromatic rings. The van der Waals surface area contributed by atoms with Gasteiger partial charge < -0.3 is 10.1 Å². The minimum absolute atomic E-state index is 0.00596. The number of hydrogen-bond acceptors (Lipinski definition) is 2. The van der Waals surface area contributed by atoms with Crippen LogP contribution in [0.1, 0.15) is 30.5 Å². The van der Waals surface area contributed by atoms with Crippen molar-refractivity contribution in [1.82, 2.24) is 5.32 Å². The maximum absolute atomic E-state index is 13.1. The van der Waals surface area contributed by atoms with Gasteiger partial charge in [0.2, 0.25) is 0 Å². The molecule has 2 nitrogen and oxygen atoms in total. The van der Waals surface area contributed by atoms with E-state index in [4.69, 9.17) is 0 Å². The van der Waals surface area contributed by atoms with Crippen LogP contribution < -0.4 is 5.32 Å². The summed E-state index contributed by atoms with van der Waals surface area (Å²) in [6, 6.07) is 4.27. The molecule has 0 aromatic heterocycles. The zero-order valence-corrected chi connectivity index (χ0v) is 11.6. The molecule has 20 heavy (non-hydrogen) atoms. The molecule has 0 heterocycles. The van der Waals surface area contributed by atoms with Crippen molar-refractivity contribution in [1.29, 1.82) is 0 Å². The molecule has 0 radical (unpaired) electrons. The Kier molecular flexibility index (Phi) is 6.42. The molecule has 114 valence electrons. The zero-order chi connectivity index (χ0) is 15.2. The predicted octanol–water partition coefficient (Wildman–Crippen LogP) is 3.75. The molecule has 0 saturated carbocycles. The van der Waals surface area contributed by atoms with E-state index in [0.29, 0.717) is 13.0 Å². The van der Waals surface area contributed by atoms with Crippen molar-refractivity contribution in [3.05, 3.63) is 35.1 Å². The molecule has 1 rings (SSSR count). The molecule has 0 fully saturated rings. The molecule has 6 heteroatoms. The number of hydrogen-bond donors (Lipinski definition) is 1. The summed E-state index contributed by atoms with van der Waals surface area (Å²) < 4.78 is 53.6. The molecular formula is C14H19F4NO. The largest absolute Gasteiger partial charge is 0.411 e. The summed E-state index contributed by atoms with van der Waals surface area (Å²) in [5, 5.41) is 3.17. The molecule has 0 aliphatic carbocycles. The van der Waals surface area contributed by atoms with Crippen LogP contribution in [0, 0.1) is 12.7 Å². The number of nitrogens with one attached hydrogen (secondary N) is 1. The van der Waals surface area contributed by atoms with Gasteiger partial charge in [-0.2, -0.15) is 13.2 Å². The first-order valence-electron chi connectivity index (χ1n) is 6.47. The maximum atomic E-state index is 13.1. The Labute approximate surface area is 116 Å². The Morgan fingerprint density at radius 1 is 1.30 bits per heavy atom. The first-order chi connectivity index (χ1) is 9.33. The van der Waals surface area contributed by atoms with Crippen molar-refractivity contribution in [2.24, 2.45) is 0 Å². The van der Waals surface area contributed by atoms with Crippen molar-refractivity contribution < 1.29 is 22.3 Å². The van der Waals surface area contributed by atoms with Gasteiger partial charge in [-0.1, -0.05) is 13.0 Å². The summed E-state index contributed by atoms with van der Waals surface area (Å²) in [5.41, 5.74) is 1.65. The van der Waals surface area contributed by atoms with E-state index in [0.717, 1.165) is 11.1 Å². The highest BCUT2D eigenvalue weighted by molar-refractivity contribution is 5.29. The second-order valence-electron chi connectivity index (χ2n) is 4.57. The molecule has 1 atom stereocenters. The van der Waals surface area contributed by atoms with Gasteiger partial charge in [-0.3, -0.25) is 0 Å². The van der Waals surface area contributed by atoms with Gasteiger partial charge in [0.1, 0.15) is 12.4 Å². The molecule has 0 bridgehead atoms. The van der Waals surface area contributed by atoms with E-state index in [1.54, 1.807) is 13.0 Å². The Morgan fingerprint density at radius 2 is 2.00 bits per heavy atom. The highest BCUT2D eigenvalue weighted by Crippen LogP contribution is 2.22. The Balaban J connectivity index is 2.60. The van der Waals surface area contributed by atoms with E-state index >= 15 is 0 Å². The van der Waals surface area contributed by atoms with Gasteiger partial charge in [-0.15, -0.1) is 0 Å². The molecule has 0 saturated heterocycles. The Hall–Kier alpha value is -1.14. The summed E-state index contributed by atoms with van der Waals surface area (Å²) in [4.78, 5) is 0. The van der Waals surface area contributed by atoms with E-state index in [9.17, 15) is 17.6 Å². The minimum atomic E-state index is -4.31. The van der Waals surface area contributed by atoms with Crippen molar-refractivity contribution in [2.75, 3.05) is 19.8 Å². The molecule has 1 N–H and O–H groups in total. The van der Waals surface area contributed by atoms with E-state index in [1.807, 2.05) is 6.92 Å². The molecule has 1 unspecified atom stereocenters. The molecule has 0 aliphatic heterocycles. The lowest BCUT2D eigenvalue weighted by atomic mass is 9.99. The van der Waals surface area contributed by atoms with E-state index in [-0.39, 0.29) is 18.5 Å². The number of aryl methyl sites for hydroxylation is 1. The molecule has 1 aromatic carbocycles. The SMILES string of the molecule is CCNC(CCOCC(F)(F)F)c1ccc(F)cc1C. The van der Waals surface area contributed by atoms with Crippen LogP contribution in [0.2, 0.25) is 0 Å². The standard InChI is InChI=1S/C14H19F4NO/c1-3-19-13(6-7-20-9-14(16,17)18)12-5-4-11(15)8-10(12)2/h4-5,8,13,19H,3,6-7,9H2,1-2H3. The number of alkyl halides is 3. The van der Waals surface area contributed by atoms with Crippen molar-refractivity contribution in [2.45, 2.75) is 32.5 Å². The van der Waals surface area contributed by atoms with Gasteiger partial charge in [-0.05, 0) is 43.1 Å². The Bertz CT molecular complexity index is 420. The van der Waals surface area contributed by atoms with Gasteiger partial charge in [-0.25, -0.2) is 4.39 Å². The van der Waals surface area contributed by atoms with E-state index < -0.39 is 12.8 Å². The summed E-state index contributed by atoms with van der Waals surface area (Å²) in [7, 11) is 0. The first-order valence-corrected chi connectivity index (χ1v) is 6.47. The fourth-order valence-corrected chi connectivity index (χ4v) is 2.03. The monoisotopic (exact) mass is 293 g/mol. The summed E-state index contributed by atoms with van der Waals surface area (Å²) in [6.07, 6.45) is -3.91. The highest BCUT2D eigenvalue weighted by atomic mass is 19.4. The Morgan fingerprint density at radius 3 is 2.55 bits per heavy atom. The van der Waals surface area contributed by atoms with Crippen molar-refractivity contribution in [3.63, 3.8) is 0 Å². The summed E-state index contributed by atoms with van der Waals surface area (Å²) in [6.45, 7) is 3.10. The van der Waals surface area contributed by atoms with Crippen LogP contribution in [0.3, 0.4) is 0 Å². The third-order valence-corrected chi connectivity index (χ3v) is 2.87. The van der Waals surface area contributed by atoms with Gasteiger partial charge in [0.25, 0.3) is 0 Å². The average Bonchev–Trinajstić information content (AvgIpc) is 2.32. The third kappa shape index (κ3) is 5.88. The fourth-order valence-electron chi connectivity index (χ4n) is 2.03. The average molecular weight is 293 g/mol. The fraction of sp³-hybridized carbons (Fsp3) is 0.571. The van der Waals surface area contributed by atoms with E-state index in [1.165, 1.54) is 12.1 Å². The number of rotatable bonds is 7. The smallest absolute Gasteiger partial charge is 0.372 e. The van der Waals surface area contributed by atoms with Crippen LogP contribution in [0.4, 0.5) is 17.6 Å². The number of benzene rings is 1. The second-order valence-corrected chi connectivity index (χ2v) is 4.57. The van der Waals surface area contributed by atoms with Crippen LogP contribution in [-0.2, 0) is 4.74 Å². The normalized spacial score (nSPS) is 13.5. The van der Waals surface area contributed by atoms with Gasteiger partial charge in [0.15, 0.2) is 0 Å². The quantitative estimate of drug-likeness (QED) is 0.610. The topological polar surface area (TPSA) is 21.3 Å². The van der Waals surface area contributed by atoms with Crippen LogP contribution >= 0.6 is 0 Å². The second kappa shape index (κ2) is 7.59. The molecule has 0 aliphatic rings. The maximum Gasteiger partial charge on any atom is 0.411 e. The van der Waals surface area contributed by atoms with Crippen molar-refractivity contribution >= 4 is 0 Å². The number of ether oxygens (including phenoxy) is 1.